The van der Waals surface area contributed by atoms with Crippen LogP contribution in [0.1, 0.15) is 32.6 Å². The first kappa shape index (κ1) is 15.7. The Morgan fingerprint density at radius 2 is 2.25 bits per heavy atom. The van der Waals surface area contributed by atoms with E-state index < -0.39 is 10.0 Å². The second-order valence-electron chi connectivity index (χ2n) is 5.53. The Bertz CT molecular complexity index is 577. The van der Waals surface area contributed by atoms with Crippen molar-refractivity contribution in [2.75, 3.05) is 12.3 Å². The fraction of sp³-hybridized carbons (Fsp3) is 0.615. The fourth-order valence-corrected chi connectivity index (χ4v) is 4.40. The summed E-state index contributed by atoms with van der Waals surface area (Å²) in [6.07, 6.45) is 6.06. The molecule has 20 heavy (non-hydrogen) atoms. The third kappa shape index (κ3) is 3.93. The van der Waals surface area contributed by atoms with Gasteiger partial charge < -0.3 is 5.73 Å². The number of anilines is 1. The molecular weight excluding hydrogens is 342 g/mol. The summed E-state index contributed by atoms with van der Waals surface area (Å²) < 4.78 is 27.8. The number of rotatable bonds is 4. The van der Waals surface area contributed by atoms with Crippen molar-refractivity contribution in [1.82, 2.24) is 9.71 Å². The molecule has 3 N–H and O–H groups in total. The van der Waals surface area contributed by atoms with Crippen LogP contribution in [0.4, 0.5) is 5.82 Å². The normalized spacial score (nSPS) is 23.7. The number of halogens is 1. The van der Waals surface area contributed by atoms with E-state index in [0.717, 1.165) is 12.8 Å². The van der Waals surface area contributed by atoms with Gasteiger partial charge in [-0.15, -0.1) is 0 Å². The highest BCUT2D eigenvalue weighted by molar-refractivity contribution is 9.10. The van der Waals surface area contributed by atoms with E-state index in [1.54, 1.807) is 0 Å². The van der Waals surface area contributed by atoms with E-state index in [2.05, 4.69) is 32.6 Å². The molecule has 0 spiro atoms. The number of nitrogens with two attached hydrogens (primary N) is 1. The molecule has 0 saturated heterocycles. The zero-order valence-electron chi connectivity index (χ0n) is 11.5. The van der Waals surface area contributed by atoms with Crippen LogP contribution >= 0.6 is 15.9 Å². The van der Waals surface area contributed by atoms with Crippen LogP contribution in [0, 0.1) is 11.8 Å². The van der Waals surface area contributed by atoms with Gasteiger partial charge in [-0.1, -0.05) is 19.8 Å². The van der Waals surface area contributed by atoms with Gasteiger partial charge in [0.2, 0.25) is 10.0 Å². The standard InChI is InChI=1S/C13H20BrN3O2S/c1-9-3-2-4-10(5-9)7-17-20(18,19)12-6-11(14)8-16-13(12)15/h6,8-10,17H,2-5,7H2,1H3,(H2,15,16). The molecule has 5 nitrogen and oxygen atoms in total. The SMILES string of the molecule is CC1CCCC(CNS(=O)(=O)c2cc(Br)cnc2N)C1. The lowest BCUT2D eigenvalue weighted by Gasteiger charge is -2.26. The zero-order valence-corrected chi connectivity index (χ0v) is 13.9. The Hall–Kier alpha value is -0.660. The van der Waals surface area contributed by atoms with Gasteiger partial charge in [-0.3, -0.25) is 0 Å². The lowest BCUT2D eigenvalue weighted by atomic mass is 9.83. The molecular formula is C13H20BrN3O2S. The van der Waals surface area contributed by atoms with Crippen LogP contribution in [0.15, 0.2) is 21.6 Å². The summed E-state index contributed by atoms with van der Waals surface area (Å²) in [5, 5.41) is 0. The summed E-state index contributed by atoms with van der Waals surface area (Å²) in [6, 6.07) is 1.48. The topological polar surface area (TPSA) is 85.1 Å². The molecule has 0 radical (unpaired) electrons. The molecule has 112 valence electrons. The number of sulfonamides is 1. The summed E-state index contributed by atoms with van der Waals surface area (Å²) in [6.45, 7) is 2.69. The van der Waals surface area contributed by atoms with Crippen LogP contribution in [0.2, 0.25) is 0 Å². The molecule has 1 aliphatic rings. The Morgan fingerprint density at radius 3 is 2.95 bits per heavy atom. The van der Waals surface area contributed by atoms with Crippen molar-refractivity contribution in [3.63, 3.8) is 0 Å². The number of hydrogen-bond donors (Lipinski definition) is 2. The Kier molecular flexibility index (Phi) is 5.04. The Labute approximate surface area is 128 Å². The van der Waals surface area contributed by atoms with Gasteiger partial charge in [0.15, 0.2) is 0 Å². The molecule has 0 aromatic carbocycles. The molecule has 2 unspecified atom stereocenters. The van der Waals surface area contributed by atoms with Crippen LogP contribution in [0.5, 0.6) is 0 Å². The first-order valence-electron chi connectivity index (χ1n) is 6.79. The summed E-state index contributed by atoms with van der Waals surface area (Å²) in [5.41, 5.74) is 5.66. The predicted octanol–water partition coefficient (Wildman–Crippen LogP) is 2.53. The van der Waals surface area contributed by atoms with Crippen molar-refractivity contribution < 1.29 is 8.42 Å². The summed E-state index contributed by atoms with van der Waals surface area (Å²) in [5.74, 6) is 1.11. The second-order valence-corrected chi connectivity index (χ2v) is 8.18. The zero-order chi connectivity index (χ0) is 14.8. The van der Waals surface area contributed by atoms with E-state index in [1.807, 2.05) is 0 Å². The number of pyridine rings is 1. The van der Waals surface area contributed by atoms with Gasteiger partial charge in [-0.25, -0.2) is 18.1 Å². The molecule has 1 heterocycles. The van der Waals surface area contributed by atoms with Gasteiger partial charge in [-0.2, -0.15) is 0 Å². The number of hydrogen-bond acceptors (Lipinski definition) is 4. The molecule has 1 saturated carbocycles. The smallest absolute Gasteiger partial charge is 0.244 e. The predicted molar refractivity (Wildman–Crippen MR) is 82.7 cm³/mol. The molecule has 1 aromatic rings. The van der Waals surface area contributed by atoms with Crippen molar-refractivity contribution in [2.45, 2.75) is 37.5 Å². The van der Waals surface area contributed by atoms with Crippen LogP contribution < -0.4 is 10.5 Å². The highest BCUT2D eigenvalue weighted by Gasteiger charge is 2.23. The maximum atomic E-state index is 12.3. The molecule has 0 aliphatic heterocycles. The van der Waals surface area contributed by atoms with Crippen LogP contribution in [-0.4, -0.2) is 19.9 Å². The maximum absolute atomic E-state index is 12.3. The second kappa shape index (κ2) is 6.41. The van der Waals surface area contributed by atoms with E-state index in [9.17, 15) is 8.42 Å². The fourth-order valence-electron chi connectivity index (χ4n) is 2.70. The van der Waals surface area contributed by atoms with Gasteiger partial charge in [0.1, 0.15) is 10.7 Å². The van der Waals surface area contributed by atoms with Gasteiger partial charge in [-0.05, 0) is 46.7 Å². The molecule has 2 rings (SSSR count). The summed E-state index contributed by atoms with van der Waals surface area (Å²) in [4.78, 5) is 3.90. The monoisotopic (exact) mass is 361 g/mol. The minimum absolute atomic E-state index is 0.0257. The van der Waals surface area contributed by atoms with Gasteiger partial charge in [0.25, 0.3) is 0 Å². The molecule has 0 amide bonds. The van der Waals surface area contributed by atoms with Gasteiger partial charge in [0, 0.05) is 17.2 Å². The average molecular weight is 362 g/mol. The lowest BCUT2D eigenvalue weighted by Crippen LogP contribution is -2.32. The quantitative estimate of drug-likeness (QED) is 0.862. The first-order valence-corrected chi connectivity index (χ1v) is 9.07. The highest BCUT2D eigenvalue weighted by Crippen LogP contribution is 2.28. The lowest BCUT2D eigenvalue weighted by molar-refractivity contribution is 0.283. The van der Waals surface area contributed by atoms with Crippen molar-refractivity contribution >= 4 is 31.8 Å². The van der Waals surface area contributed by atoms with E-state index in [0.29, 0.717) is 22.9 Å². The molecule has 1 fully saturated rings. The van der Waals surface area contributed by atoms with Gasteiger partial charge >= 0.3 is 0 Å². The van der Waals surface area contributed by atoms with Crippen molar-refractivity contribution in [2.24, 2.45) is 11.8 Å². The summed E-state index contributed by atoms with van der Waals surface area (Å²) >= 11 is 3.21. The van der Waals surface area contributed by atoms with E-state index in [-0.39, 0.29) is 10.7 Å². The van der Waals surface area contributed by atoms with Crippen LogP contribution in [0.3, 0.4) is 0 Å². The maximum Gasteiger partial charge on any atom is 0.244 e. The highest BCUT2D eigenvalue weighted by atomic mass is 79.9. The minimum atomic E-state index is -3.60. The van der Waals surface area contributed by atoms with E-state index in [4.69, 9.17) is 5.73 Å². The van der Waals surface area contributed by atoms with E-state index >= 15 is 0 Å². The Morgan fingerprint density at radius 1 is 1.50 bits per heavy atom. The van der Waals surface area contributed by atoms with Crippen LogP contribution in [-0.2, 0) is 10.0 Å². The summed E-state index contributed by atoms with van der Waals surface area (Å²) in [7, 11) is -3.60. The third-order valence-electron chi connectivity index (χ3n) is 3.74. The molecule has 1 aliphatic carbocycles. The molecule has 2 atom stereocenters. The minimum Gasteiger partial charge on any atom is -0.383 e. The molecule has 1 aromatic heterocycles. The number of nitrogen functional groups attached to an aromatic ring is 1. The van der Waals surface area contributed by atoms with Crippen molar-refractivity contribution in [3.8, 4) is 0 Å². The first-order chi connectivity index (χ1) is 9.38. The molecule has 0 bridgehead atoms. The number of aromatic nitrogens is 1. The number of nitrogens with one attached hydrogen (secondary N) is 1. The van der Waals surface area contributed by atoms with Crippen molar-refractivity contribution in [3.05, 3.63) is 16.7 Å². The average Bonchev–Trinajstić information content (AvgIpc) is 2.39. The number of nitrogens with zero attached hydrogens (tertiary/aromatic N) is 1. The van der Waals surface area contributed by atoms with Crippen LogP contribution in [0.25, 0.3) is 0 Å². The molecule has 7 heteroatoms. The third-order valence-corrected chi connectivity index (χ3v) is 5.63. The largest absolute Gasteiger partial charge is 0.383 e. The van der Waals surface area contributed by atoms with Crippen molar-refractivity contribution in [1.29, 1.82) is 0 Å². The van der Waals surface area contributed by atoms with E-state index in [1.165, 1.54) is 25.1 Å². The Balaban J connectivity index is 2.05. The van der Waals surface area contributed by atoms with Gasteiger partial charge in [0.05, 0.1) is 0 Å².